The fraction of sp³-hybridized carbons (Fsp3) is 0.500. The largest absolute Gasteiger partial charge is 0.338 e. The molecule has 0 bridgehead atoms. The lowest BCUT2D eigenvalue weighted by Crippen LogP contribution is -2.37. The minimum Gasteiger partial charge on any atom is -0.338 e. The summed E-state index contributed by atoms with van der Waals surface area (Å²) in [4.78, 5) is 11.5. The molecule has 0 radical (unpaired) electrons. The van der Waals surface area contributed by atoms with Gasteiger partial charge in [0, 0.05) is 6.54 Å². The summed E-state index contributed by atoms with van der Waals surface area (Å²) in [6.45, 7) is 8.92. The third-order valence-corrected chi connectivity index (χ3v) is 2.91. The van der Waals surface area contributed by atoms with E-state index in [-0.39, 0.29) is 12.1 Å². The van der Waals surface area contributed by atoms with Gasteiger partial charge in [0.25, 0.3) is 0 Å². The molecule has 1 atom stereocenters. The Bertz CT molecular complexity index is 388. The van der Waals surface area contributed by atoms with Crippen molar-refractivity contribution < 1.29 is 4.79 Å². The molecular weight excluding hydrogens is 212 g/mol. The van der Waals surface area contributed by atoms with Gasteiger partial charge in [0.05, 0.1) is 6.04 Å². The van der Waals surface area contributed by atoms with Crippen LogP contribution in [-0.2, 0) is 0 Å². The number of nitrogens with one attached hydrogen (secondary N) is 2. The average Bonchev–Trinajstić information content (AvgIpc) is 2.30. The summed E-state index contributed by atoms with van der Waals surface area (Å²) < 4.78 is 0. The zero-order valence-electron chi connectivity index (χ0n) is 11.1. The number of aryl methyl sites for hydroxylation is 2. The highest BCUT2D eigenvalue weighted by molar-refractivity contribution is 5.74. The Kier molecular flexibility index (Phi) is 5.01. The number of carbonyl (C=O) groups is 1. The number of urea groups is 1. The van der Waals surface area contributed by atoms with E-state index in [0.29, 0.717) is 6.54 Å². The summed E-state index contributed by atoms with van der Waals surface area (Å²) in [6, 6.07) is 6.21. The van der Waals surface area contributed by atoms with Crippen molar-refractivity contribution in [3.63, 3.8) is 0 Å². The zero-order valence-corrected chi connectivity index (χ0v) is 11.1. The van der Waals surface area contributed by atoms with Gasteiger partial charge >= 0.3 is 6.03 Å². The van der Waals surface area contributed by atoms with E-state index in [9.17, 15) is 4.79 Å². The molecule has 0 saturated carbocycles. The standard InChI is InChI=1S/C14H22N2O/c1-5-8-15-14(17)16-12(4)13-7-6-10(2)11(3)9-13/h6-7,9,12H,5,8H2,1-4H3,(H2,15,16,17)/t12-/m1/s1. The molecule has 0 fully saturated rings. The van der Waals surface area contributed by atoms with E-state index in [2.05, 4.69) is 42.7 Å². The van der Waals surface area contributed by atoms with E-state index in [1.54, 1.807) is 0 Å². The molecule has 0 spiro atoms. The Labute approximate surface area is 104 Å². The van der Waals surface area contributed by atoms with Crippen LogP contribution in [0.4, 0.5) is 4.79 Å². The third-order valence-electron chi connectivity index (χ3n) is 2.91. The molecule has 2 N–H and O–H groups in total. The molecule has 0 heterocycles. The van der Waals surface area contributed by atoms with Gasteiger partial charge in [-0.25, -0.2) is 4.79 Å². The first kappa shape index (κ1) is 13.6. The SMILES string of the molecule is CCCNC(=O)N[C@H](C)c1ccc(C)c(C)c1. The van der Waals surface area contributed by atoms with Gasteiger partial charge < -0.3 is 10.6 Å². The molecule has 0 aliphatic heterocycles. The maximum atomic E-state index is 11.5. The minimum atomic E-state index is -0.0995. The molecule has 0 aliphatic carbocycles. The van der Waals surface area contributed by atoms with Crippen LogP contribution in [-0.4, -0.2) is 12.6 Å². The van der Waals surface area contributed by atoms with Crippen molar-refractivity contribution in [3.8, 4) is 0 Å². The molecule has 94 valence electrons. The molecule has 1 rings (SSSR count). The van der Waals surface area contributed by atoms with Crippen LogP contribution in [0.3, 0.4) is 0 Å². The van der Waals surface area contributed by atoms with Crippen LogP contribution < -0.4 is 10.6 Å². The molecule has 0 saturated heterocycles. The summed E-state index contributed by atoms with van der Waals surface area (Å²) in [5, 5.41) is 5.74. The van der Waals surface area contributed by atoms with Crippen molar-refractivity contribution in [2.75, 3.05) is 6.54 Å². The average molecular weight is 234 g/mol. The molecule has 0 aromatic heterocycles. The van der Waals surface area contributed by atoms with Crippen LogP contribution in [0.5, 0.6) is 0 Å². The van der Waals surface area contributed by atoms with Gasteiger partial charge in [-0.15, -0.1) is 0 Å². The highest BCUT2D eigenvalue weighted by Gasteiger charge is 2.09. The van der Waals surface area contributed by atoms with Crippen LogP contribution in [0.1, 0.15) is 43.0 Å². The van der Waals surface area contributed by atoms with Crippen LogP contribution in [0.15, 0.2) is 18.2 Å². The van der Waals surface area contributed by atoms with E-state index < -0.39 is 0 Å². The van der Waals surface area contributed by atoms with E-state index in [1.807, 2.05) is 13.8 Å². The topological polar surface area (TPSA) is 41.1 Å². The predicted octanol–water partition coefficient (Wildman–Crippen LogP) is 3.07. The second-order valence-corrected chi connectivity index (χ2v) is 4.47. The molecule has 17 heavy (non-hydrogen) atoms. The summed E-state index contributed by atoms with van der Waals surface area (Å²) in [5.74, 6) is 0. The van der Waals surface area contributed by atoms with Crippen LogP contribution >= 0.6 is 0 Å². The Morgan fingerprint density at radius 1 is 1.29 bits per heavy atom. The highest BCUT2D eigenvalue weighted by atomic mass is 16.2. The molecule has 3 heteroatoms. The van der Waals surface area contributed by atoms with Crippen LogP contribution in [0, 0.1) is 13.8 Å². The fourth-order valence-electron chi connectivity index (χ4n) is 1.60. The van der Waals surface area contributed by atoms with E-state index in [4.69, 9.17) is 0 Å². The molecular formula is C14H22N2O. The maximum Gasteiger partial charge on any atom is 0.315 e. The third kappa shape index (κ3) is 4.10. The van der Waals surface area contributed by atoms with Crippen LogP contribution in [0.2, 0.25) is 0 Å². The second-order valence-electron chi connectivity index (χ2n) is 4.47. The maximum absolute atomic E-state index is 11.5. The summed E-state index contributed by atoms with van der Waals surface area (Å²) in [6.07, 6.45) is 0.950. The lowest BCUT2D eigenvalue weighted by atomic mass is 10.0. The number of carbonyl (C=O) groups excluding carboxylic acids is 1. The first-order chi connectivity index (χ1) is 8.04. The Hall–Kier alpha value is -1.51. The van der Waals surface area contributed by atoms with Crippen LogP contribution in [0.25, 0.3) is 0 Å². The highest BCUT2D eigenvalue weighted by Crippen LogP contribution is 2.16. The molecule has 0 aliphatic rings. The summed E-state index contributed by atoms with van der Waals surface area (Å²) in [7, 11) is 0. The van der Waals surface area contributed by atoms with Gasteiger partial charge in [-0.1, -0.05) is 25.1 Å². The molecule has 2 amide bonds. The first-order valence-electron chi connectivity index (χ1n) is 6.16. The fourth-order valence-corrected chi connectivity index (χ4v) is 1.60. The Balaban J connectivity index is 2.60. The minimum absolute atomic E-state index is 0.0335. The monoisotopic (exact) mass is 234 g/mol. The van der Waals surface area contributed by atoms with Gasteiger partial charge in [0.1, 0.15) is 0 Å². The van der Waals surface area contributed by atoms with Gasteiger partial charge in [-0.2, -0.15) is 0 Å². The predicted molar refractivity (Wildman–Crippen MR) is 71.2 cm³/mol. The lowest BCUT2D eigenvalue weighted by Gasteiger charge is -2.16. The lowest BCUT2D eigenvalue weighted by molar-refractivity contribution is 0.238. The Morgan fingerprint density at radius 3 is 2.59 bits per heavy atom. The van der Waals surface area contributed by atoms with Crippen molar-refractivity contribution in [2.24, 2.45) is 0 Å². The molecule has 1 aromatic rings. The zero-order chi connectivity index (χ0) is 12.8. The van der Waals surface area contributed by atoms with E-state index in [1.165, 1.54) is 11.1 Å². The Morgan fingerprint density at radius 2 is 2.00 bits per heavy atom. The number of hydrogen-bond acceptors (Lipinski definition) is 1. The van der Waals surface area contributed by atoms with E-state index >= 15 is 0 Å². The second kappa shape index (κ2) is 6.28. The van der Waals surface area contributed by atoms with Gasteiger partial charge in [0.15, 0.2) is 0 Å². The normalized spacial score (nSPS) is 12.0. The number of rotatable bonds is 4. The van der Waals surface area contributed by atoms with Crippen molar-refractivity contribution >= 4 is 6.03 Å². The summed E-state index contributed by atoms with van der Waals surface area (Å²) in [5.41, 5.74) is 3.67. The number of amides is 2. The van der Waals surface area contributed by atoms with Crippen molar-refractivity contribution in [2.45, 2.75) is 40.2 Å². The van der Waals surface area contributed by atoms with Gasteiger partial charge in [-0.3, -0.25) is 0 Å². The summed E-state index contributed by atoms with van der Waals surface area (Å²) >= 11 is 0. The molecule has 3 nitrogen and oxygen atoms in total. The van der Waals surface area contributed by atoms with Crippen molar-refractivity contribution in [3.05, 3.63) is 34.9 Å². The number of benzene rings is 1. The number of hydrogen-bond donors (Lipinski definition) is 2. The quantitative estimate of drug-likeness (QED) is 0.826. The van der Waals surface area contributed by atoms with Crippen molar-refractivity contribution in [1.82, 2.24) is 10.6 Å². The molecule has 0 unspecified atom stereocenters. The molecule has 1 aromatic carbocycles. The van der Waals surface area contributed by atoms with Gasteiger partial charge in [0.2, 0.25) is 0 Å². The smallest absolute Gasteiger partial charge is 0.315 e. The van der Waals surface area contributed by atoms with E-state index in [0.717, 1.165) is 12.0 Å². The van der Waals surface area contributed by atoms with Gasteiger partial charge in [-0.05, 0) is 43.9 Å². The van der Waals surface area contributed by atoms with Crippen molar-refractivity contribution in [1.29, 1.82) is 0 Å². The first-order valence-corrected chi connectivity index (χ1v) is 6.16.